The van der Waals surface area contributed by atoms with Gasteiger partial charge in [-0.25, -0.2) is 0 Å². The van der Waals surface area contributed by atoms with Crippen molar-refractivity contribution in [1.82, 2.24) is 5.32 Å². The Balaban J connectivity index is 3.86. The van der Waals surface area contributed by atoms with Gasteiger partial charge in [0.2, 0.25) is 5.91 Å². The molecule has 0 saturated heterocycles. The number of allylic oxidation sites excluding steroid dienone is 5. The third-order valence-electron chi connectivity index (χ3n) is 6.90. The highest BCUT2D eigenvalue weighted by molar-refractivity contribution is 5.76. The molecule has 38 heavy (non-hydrogen) atoms. The van der Waals surface area contributed by atoms with Crippen LogP contribution in [-0.2, 0) is 4.79 Å². The van der Waals surface area contributed by atoms with Crippen LogP contribution in [0.3, 0.4) is 0 Å². The number of nitrogens with one attached hydrogen (secondary N) is 1. The van der Waals surface area contributed by atoms with Crippen LogP contribution in [0.25, 0.3) is 0 Å². The van der Waals surface area contributed by atoms with Gasteiger partial charge in [0.1, 0.15) is 0 Å². The Morgan fingerprint density at radius 3 is 1.68 bits per heavy atom. The van der Waals surface area contributed by atoms with Crippen molar-refractivity contribution in [2.75, 3.05) is 6.61 Å². The molecular formula is C33H61NO4. The molecule has 0 aromatic carbocycles. The third kappa shape index (κ3) is 24.9. The van der Waals surface area contributed by atoms with Gasteiger partial charge in [0.25, 0.3) is 0 Å². The highest BCUT2D eigenvalue weighted by atomic mass is 16.3. The van der Waals surface area contributed by atoms with E-state index in [1.165, 1.54) is 70.6 Å². The Kier molecular flexibility index (Phi) is 27.5. The summed E-state index contributed by atoms with van der Waals surface area (Å²) in [6, 6.07) is -0.759. The van der Waals surface area contributed by atoms with Gasteiger partial charge >= 0.3 is 0 Å². The first-order valence-electron chi connectivity index (χ1n) is 15.8. The smallest absolute Gasteiger partial charge is 0.222 e. The molecule has 222 valence electrons. The maximum Gasteiger partial charge on any atom is 0.222 e. The second-order valence-electron chi connectivity index (χ2n) is 10.7. The van der Waals surface area contributed by atoms with Gasteiger partial charge < -0.3 is 20.6 Å². The van der Waals surface area contributed by atoms with E-state index in [1.54, 1.807) is 6.08 Å². The second kappa shape index (κ2) is 28.6. The average Bonchev–Trinajstić information content (AvgIpc) is 2.90. The molecule has 4 N–H and O–H groups in total. The molecule has 0 heterocycles. The normalized spacial score (nSPS) is 14.6. The fourth-order valence-corrected chi connectivity index (χ4v) is 4.40. The molecule has 1 amide bonds. The lowest BCUT2D eigenvalue weighted by Gasteiger charge is -2.20. The molecule has 0 fully saturated rings. The molecule has 0 aromatic rings. The zero-order valence-corrected chi connectivity index (χ0v) is 24.8. The zero-order chi connectivity index (χ0) is 28.1. The topological polar surface area (TPSA) is 89.8 Å². The van der Waals surface area contributed by atoms with Crippen LogP contribution in [0.15, 0.2) is 36.5 Å². The number of carbonyl (C=O) groups is 1. The highest BCUT2D eigenvalue weighted by Gasteiger charge is 2.19. The molecule has 0 saturated carbocycles. The fourth-order valence-electron chi connectivity index (χ4n) is 4.40. The van der Waals surface area contributed by atoms with Crippen molar-refractivity contribution in [2.24, 2.45) is 0 Å². The molecule has 3 atom stereocenters. The van der Waals surface area contributed by atoms with Crippen LogP contribution in [0.2, 0.25) is 0 Å². The van der Waals surface area contributed by atoms with E-state index in [4.69, 9.17) is 0 Å². The minimum absolute atomic E-state index is 0.000957. The first kappa shape index (κ1) is 36.6. The summed E-state index contributed by atoms with van der Waals surface area (Å²) < 4.78 is 0. The number of aliphatic hydroxyl groups excluding tert-OH is 3. The van der Waals surface area contributed by atoms with Gasteiger partial charge in [0.15, 0.2) is 0 Å². The summed E-state index contributed by atoms with van der Waals surface area (Å²) in [6.45, 7) is 4.11. The van der Waals surface area contributed by atoms with Crippen LogP contribution in [0.5, 0.6) is 0 Å². The number of rotatable bonds is 27. The van der Waals surface area contributed by atoms with Crippen molar-refractivity contribution < 1.29 is 20.1 Å². The summed E-state index contributed by atoms with van der Waals surface area (Å²) in [4.78, 5) is 12.3. The molecule has 0 aromatic heterocycles. The van der Waals surface area contributed by atoms with E-state index >= 15 is 0 Å². The molecule has 5 nitrogen and oxygen atoms in total. The fraction of sp³-hybridized carbons (Fsp3) is 0.788. The summed E-state index contributed by atoms with van der Waals surface area (Å²) in [5, 5.41) is 32.8. The second-order valence-corrected chi connectivity index (χ2v) is 10.7. The van der Waals surface area contributed by atoms with Crippen molar-refractivity contribution >= 4 is 5.91 Å². The summed E-state index contributed by atoms with van der Waals surface area (Å²) in [5.41, 5.74) is 0. The number of hydrogen-bond donors (Lipinski definition) is 4. The van der Waals surface area contributed by atoms with Gasteiger partial charge in [-0.1, -0.05) is 115 Å². The quantitative estimate of drug-likeness (QED) is 0.0641. The van der Waals surface area contributed by atoms with Gasteiger partial charge in [-0.3, -0.25) is 4.79 Å². The van der Waals surface area contributed by atoms with Crippen LogP contribution in [0, 0.1) is 0 Å². The molecule has 0 spiro atoms. The number of hydrogen-bond acceptors (Lipinski definition) is 4. The Morgan fingerprint density at radius 1 is 0.658 bits per heavy atom. The number of unbranched alkanes of at least 4 members (excludes halogenated alkanes) is 14. The van der Waals surface area contributed by atoms with Gasteiger partial charge in [-0.2, -0.15) is 0 Å². The van der Waals surface area contributed by atoms with Gasteiger partial charge in [0, 0.05) is 0 Å². The Hall–Kier alpha value is -1.43. The maximum absolute atomic E-state index is 12.3. The van der Waals surface area contributed by atoms with Crippen LogP contribution >= 0.6 is 0 Å². The van der Waals surface area contributed by atoms with Crippen molar-refractivity contribution in [3.05, 3.63) is 36.5 Å². The van der Waals surface area contributed by atoms with Crippen LogP contribution < -0.4 is 5.32 Å². The number of amides is 1. The first-order valence-corrected chi connectivity index (χ1v) is 15.8. The van der Waals surface area contributed by atoms with Crippen molar-refractivity contribution in [2.45, 2.75) is 161 Å². The average molecular weight is 536 g/mol. The Bertz CT molecular complexity index is 602. The predicted molar refractivity (Wildman–Crippen MR) is 162 cm³/mol. The Morgan fingerprint density at radius 2 is 1.13 bits per heavy atom. The van der Waals surface area contributed by atoms with Gasteiger partial charge in [-0.05, 0) is 57.8 Å². The van der Waals surface area contributed by atoms with E-state index in [2.05, 4.69) is 43.5 Å². The molecule has 0 aliphatic rings. The molecule has 0 radical (unpaired) electrons. The van der Waals surface area contributed by atoms with Crippen LogP contribution in [0.4, 0.5) is 0 Å². The monoisotopic (exact) mass is 535 g/mol. The van der Waals surface area contributed by atoms with E-state index in [9.17, 15) is 20.1 Å². The molecule has 0 bridgehead atoms. The molecule has 0 aliphatic carbocycles. The number of aliphatic hydroxyl groups is 3. The lowest BCUT2D eigenvalue weighted by molar-refractivity contribution is -0.124. The molecule has 0 aliphatic heterocycles. The lowest BCUT2D eigenvalue weighted by atomic mass is 10.0. The van der Waals surface area contributed by atoms with Gasteiger partial charge in [0.05, 0.1) is 31.3 Å². The molecule has 5 heteroatoms. The third-order valence-corrected chi connectivity index (χ3v) is 6.90. The predicted octanol–water partition coefficient (Wildman–Crippen LogP) is 7.70. The van der Waals surface area contributed by atoms with E-state index in [1.807, 2.05) is 6.08 Å². The van der Waals surface area contributed by atoms with E-state index in [-0.39, 0.29) is 18.9 Å². The first-order chi connectivity index (χ1) is 18.5. The lowest BCUT2D eigenvalue weighted by Crippen LogP contribution is -2.45. The minimum atomic E-state index is -0.949. The summed E-state index contributed by atoms with van der Waals surface area (Å²) >= 11 is 0. The van der Waals surface area contributed by atoms with E-state index in [0.29, 0.717) is 6.42 Å². The summed E-state index contributed by atoms with van der Waals surface area (Å²) in [5.74, 6) is -0.337. The van der Waals surface area contributed by atoms with Crippen LogP contribution in [0.1, 0.15) is 142 Å². The van der Waals surface area contributed by atoms with Crippen molar-refractivity contribution in [1.29, 1.82) is 0 Å². The van der Waals surface area contributed by atoms with Crippen molar-refractivity contribution in [3.8, 4) is 0 Å². The SMILES string of the molecule is CCCCCC/C=C\CCCCCCCC(O)CC(=O)NC(CO)C(O)/C=C/CC/C=C/CCCCCC. The largest absolute Gasteiger partial charge is 0.394 e. The Labute approximate surface area is 234 Å². The summed E-state index contributed by atoms with van der Waals surface area (Å²) in [6.07, 6.45) is 32.6. The van der Waals surface area contributed by atoms with E-state index < -0.39 is 18.2 Å². The molecule has 3 unspecified atom stereocenters. The summed E-state index contributed by atoms with van der Waals surface area (Å²) in [7, 11) is 0. The highest BCUT2D eigenvalue weighted by Crippen LogP contribution is 2.12. The minimum Gasteiger partial charge on any atom is -0.394 e. The standard InChI is InChI=1S/C33H61NO4/c1-3-5-7-9-11-13-15-16-17-18-20-22-24-26-30(36)28-33(38)34-31(29-35)32(37)27-25-23-21-19-14-12-10-8-6-4-2/h13-15,19,25,27,30-32,35-37H,3-12,16-18,20-24,26,28-29H2,1-2H3,(H,34,38)/b15-13-,19-14+,27-25+. The molecule has 0 rings (SSSR count). The molecular weight excluding hydrogens is 474 g/mol. The van der Waals surface area contributed by atoms with E-state index in [0.717, 1.165) is 44.9 Å². The zero-order valence-electron chi connectivity index (χ0n) is 24.8. The van der Waals surface area contributed by atoms with Gasteiger partial charge in [-0.15, -0.1) is 0 Å². The maximum atomic E-state index is 12.3. The number of carbonyl (C=O) groups excluding carboxylic acids is 1. The van der Waals surface area contributed by atoms with Crippen molar-refractivity contribution in [3.63, 3.8) is 0 Å². The van der Waals surface area contributed by atoms with Crippen LogP contribution in [-0.4, -0.2) is 46.1 Å².